The molecule has 0 aromatic rings. The summed E-state index contributed by atoms with van der Waals surface area (Å²) in [5, 5.41) is 3.04. The minimum atomic E-state index is 0.0304. The third kappa shape index (κ3) is 5.37. The van der Waals surface area contributed by atoms with Crippen molar-refractivity contribution >= 4 is 6.03 Å². The van der Waals surface area contributed by atoms with Gasteiger partial charge < -0.3 is 19.7 Å². The number of nitrogens with one attached hydrogen (secondary N) is 1. The molecule has 1 N–H and O–H groups in total. The van der Waals surface area contributed by atoms with Gasteiger partial charge in [0.15, 0.2) is 0 Å². The van der Waals surface area contributed by atoms with Crippen LogP contribution in [0.15, 0.2) is 0 Å². The van der Waals surface area contributed by atoms with Crippen molar-refractivity contribution in [3.8, 4) is 0 Å². The molecule has 1 fully saturated rings. The van der Waals surface area contributed by atoms with Crippen molar-refractivity contribution in [2.75, 3.05) is 40.5 Å². The van der Waals surface area contributed by atoms with E-state index >= 15 is 0 Å². The Bertz CT molecular complexity index is 220. The van der Waals surface area contributed by atoms with Gasteiger partial charge in [0, 0.05) is 40.0 Å². The van der Waals surface area contributed by atoms with Gasteiger partial charge in [0.2, 0.25) is 0 Å². The molecular weight excluding hydrogens is 220 g/mol. The van der Waals surface area contributed by atoms with Crippen LogP contribution < -0.4 is 5.32 Å². The van der Waals surface area contributed by atoms with Gasteiger partial charge in [-0.25, -0.2) is 4.79 Å². The van der Waals surface area contributed by atoms with Gasteiger partial charge in [0.1, 0.15) is 0 Å². The van der Waals surface area contributed by atoms with E-state index in [-0.39, 0.29) is 6.03 Å². The number of amides is 2. The van der Waals surface area contributed by atoms with Gasteiger partial charge >= 0.3 is 6.03 Å². The number of hydrogen-bond acceptors (Lipinski definition) is 3. The second kappa shape index (κ2) is 8.31. The maximum atomic E-state index is 12.0. The maximum absolute atomic E-state index is 12.0. The molecule has 0 bridgehead atoms. The van der Waals surface area contributed by atoms with Crippen LogP contribution in [0.25, 0.3) is 0 Å². The molecule has 0 saturated heterocycles. The molecule has 1 rings (SSSR count). The zero-order chi connectivity index (χ0) is 12.5. The van der Waals surface area contributed by atoms with Crippen LogP contribution >= 0.6 is 0 Å². The highest BCUT2D eigenvalue weighted by atomic mass is 16.5. The maximum Gasteiger partial charge on any atom is 0.317 e. The van der Waals surface area contributed by atoms with Gasteiger partial charge in [0.25, 0.3) is 0 Å². The highest BCUT2D eigenvalue weighted by Gasteiger charge is 2.22. The van der Waals surface area contributed by atoms with Gasteiger partial charge in [0.05, 0.1) is 6.61 Å². The van der Waals surface area contributed by atoms with E-state index in [4.69, 9.17) is 9.47 Å². The van der Waals surface area contributed by atoms with Crippen molar-refractivity contribution in [1.29, 1.82) is 0 Å². The molecule has 1 saturated carbocycles. The molecule has 2 amide bonds. The van der Waals surface area contributed by atoms with Gasteiger partial charge in [-0.15, -0.1) is 0 Å². The Balaban J connectivity index is 2.27. The van der Waals surface area contributed by atoms with E-state index in [0.717, 1.165) is 25.8 Å². The molecule has 17 heavy (non-hydrogen) atoms. The smallest absolute Gasteiger partial charge is 0.317 e. The summed E-state index contributed by atoms with van der Waals surface area (Å²) in [7, 11) is 3.32. The molecule has 0 aromatic heterocycles. The molecular formula is C12H24N2O3. The van der Waals surface area contributed by atoms with Gasteiger partial charge in [-0.05, 0) is 25.7 Å². The van der Waals surface area contributed by atoms with E-state index in [9.17, 15) is 4.79 Å². The number of ether oxygens (including phenoxy) is 2. The lowest BCUT2D eigenvalue weighted by Crippen LogP contribution is -2.48. The predicted molar refractivity (Wildman–Crippen MR) is 66.1 cm³/mol. The zero-order valence-corrected chi connectivity index (χ0v) is 10.9. The highest BCUT2D eigenvalue weighted by molar-refractivity contribution is 5.74. The monoisotopic (exact) mass is 244 g/mol. The zero-order valence-electron chi connectivity index (χ0n) is 10.9. The first-order valence-electron chi connectivity index (χ1n) is 6.31. The fourth-order valence-electron chi connectivity index (χ4n) is 1.73. The van der Waals surface area contributed by atoms with Crippen molar-refractivity contribution in [3.05, 3.63) is 0 Å². The number of carbonyl (C=O) groups is 1. The summed E-state index contributed by atoms with van der Waals surface area (Å²) in [5.74, 6) is 0. The van der Waals surface area contributed by atoms with Crippen LogP contribution in [0.3, 0.4) is 0 Å². The predicted octanol–water partition coefficient (Wildman–Crippen LogP) is 1.23. The normalized spacial score (nSPS) is 15.4. The molecule has 5 heteroatoms. The number of rotatable bonds is 8. The summed E-state index contributed by atoms with van der Waals surface area (Å²) >= 11 is 0. The second-order valence-electron chi connectivity index (χ2n) is 4.40. The Kier molecular flexibility index (Phi) is 6.96. The Morgan fingerprint density at radius 3 is 2.47 bits per heavy atom. The molecule has 0 atom stereocenters. The highest BCUT2D eigenvalue weighted by Crippen LogP contribution is 2.18. The Morgan fingerprint density at radius 1 is 1.24 bits per heavy atom. The Morgan fingerprint density at radius 2 is 1.94 bits per heavy atom. The van der Waals surface area contributed by atoms with Crippen LogP contribution in [0.4, 0.5) is 4.79 Å². The van der Waals surface area contributed by atoms with Crippen LogP contribution in [0.2, 0.25) is 0 Å². The number of nitrogens with zero attached hydrogens (tertiary/aromatic N) is 1. The quantitative estimate of drug-likeness (QED) is 0.653. The van der Waals surface area contributed by atoms with Crippen molar-refractivity contribution < 1.29 is 14.3 Å². The van der Waals surface area contributed by atoms with Crippen molar-refractivity contribution in [2.24, 2.45) is 0 Å². The Hall–Kier alpha value is -0.810. The average Bonchev–Trinajstić information content (AvgIpc) is 2.28. The van der Waals surface area contributed by atoms with E-state index in [1.807, 2.05) is 0 Å². The van der Waals surface area contributed by atoms with E-state index in [0.29, 0.717) is 25.8 Å². The van der Waals surface area contributed by atoms with Crippen LogP contribution in [0.5, 0.6) is 0 Å². The van der Waals surface area contributed by atoms with Gasteiger partial charge in [-0.1, -0.05) is 0 Å². The van der Waals surface area contributed by atoms with Crippen molar-refractivity contribution in [1.82, 2.24) is 10.2 Å². The van der Waals surface area contributed by atoms with Crippen LogP contribution in [-0.2, 0) is 9.47 Å². The van der Waals surface area contributed by atoms with Crippen LogP contribution in [-0.4, -0.2) is 57.5 Å². The molecule has 0 aliphatic heterocycles. The summed E-state index contributed by atoms with van der Waals surface area (Å²) < 4.78 is 10.0. The molecule has 0 aromatic carbocycles. The third-order valence-electron chi connectivity index (χ3n) is 3.06. The summed E-state index contributed by atoms with van der Waals surface area (Å²) in [6, 6.07) is 0.415. The minimum Gasteiger partial charge on any atom is -0.385 e. The van der Waals surface area contributed by atoms with E-state index in [1.54, 1.807) is 19.1 Å². The fourth-order valence-corrected chi connectivity index (χ4v) is 1.73. The number of carbonyl (C=O) groups excluding carboxylic acids is 1. The largest absolute Gasteiger partial charge is 0.385 e. The molecule has 0 radical (unpaired) electrons. The lowest BCUT2D eigenvalue weighted by molar-refractivity contribution is 0.134. The minimum absolute atomic E-state index is 0.0304. The van der Waals surface area contributed by atoms with E-state index in [2.05, 4.69) is 5.32 Å². The second-order valence-corrected chi connectivity index (χ2v) is 4.40. The first kappa shape index (κ1) is 14.3. The van der Waals surface area contributed by atoms with Crippen molar-refractivity contribution in [2.45, 2.75) is 31.7 Å². The van der Waals surface area contributed by atoms with Crippen LogP contribution in [0, 0.1) is 0 Å². The van der Waals surface area contributed by atoms with E-state index < -0.39 is 0 Å². The van der Waals surface area contributed by atoms with Crippen molar-refractivity contribution in [3.63, 3.8) is 0 Å². The lowest BCUT2D eigenvalue weighted by Gasteiger charge is -2.30. The molecule has 0 spiro atoms. The topological polar surface area (TPSA) is 50.8 Å². The summed E-state index contributed by atoms with van der Waals surface area (Å²) in [6.45, 7) is 2.61. The number of urea groups is 1. The summed E-state index contributed by atoms with van der Waals surface area (Å²) in [4.78, 5) is 13.8. The molecule has 1 aliphatic rings. The first-order chi connectivity index (χ1) is 8.27. The van der Waals surface area contributed by atoms with E-state index in [1.165, 1.54) is 6.42 Å². The first-order valence-corrected chi connectivity index (χ1v) is 6.31. The Labute approximate surface area is 103 Å². The SMILES string of the molecule is COCCCN(CCOC)C(=O)NC1CCC1. The van der Waals surface area contributed by atoms with Gasteiger partial charge in [-0.2, -0.15) is 0 Å². The fraction of sp³-hybridized carbons (Fsp3) is 0.917. The summed E-state index contributed by atoms with van der Waals surface area (Å²) in [5.41, 5.74) is 0. The molecule has 1 aliphatic carbocycles. The molecule has 5 nitrogen and oxygen atoms in total. The van der Waals surface area contributed by atoms with Crippen LogP contribution in [0.1, 0.15) is 25.7 Å². The summed E-state index contributed by atoms with van der Waals surface area (Å²) in [6.07, 6.45) is 4.31. The average molecular weight is 244 g/mol. The number of hydrogen-bond donors (Lipinski definition) is 1. The lowest BCUT2D eigenvalue weighted by atomic mass is 9.93. The molecule has 0 unspecified atom stereocenters. The molecule has 100 valence electrons. The third-order valence-corrected chi connectivity index (χ3v) is 3.06. The molecule has 0 heterocycles. The van der Waals surface area contributed by atoms with Gasteiger partial charge in [-0.3, -0.25) is 0 Å². The standard InChI is InChI=1S/C12H24N2O3/c1-16-9-4-7-14(8-10-17-2)12(15)13-11-5-3-6-11/h11H,3-10H2,1-2H3,(H,13,15). The number of methoxy groups -OCH3 is 2.